The van der Waals surface area contributed by atoms with Crippen LogP contribution in [-0.2, 0) is 24.0 Å². The van der Waals surface area contributed by atoms with E-state index in [4.69, 9.17) is 4.74 Å². The van der Waals surface area contributed by atoms with Crippen LogP contribution in [0.2, 0.25) is 0 Å². The lowest BCUT2D eigenvalue weighted by molar-refractivity contribution is -0.137. The van der Waals surface area contributed by atoms with Crippen LogP contribution >= 0.6 is 0 Å². The lowest BCUT2D eigenvalue weighted by atomic mass is 9.96. The number of aromatic nitrogens is 5. The molecule has 10 heteroatoms. The van der Waals surface area contributed by atoms with E-state index in [0.717, 1.165) is 18.4 Å². The highest BCUT2D eigenvalue weighted by molar-refractivity contribution is 5.94. The van der Waals surface area contributed by atoms with Crippen molar-refractivity contribution in [2.24, 2.45) is 0 Å². The number of ether oxygens (including phenoxy) is 1. The Labute approximate surface area is 194 Å². The normalized spacial score (nSPS) is 15.3. The SMILES string of the molecule is CCn1cc(-c2n[nH]c3cnc(-c4cccc(CNC5CCOCC5)c4C(F)(F)F)cc23)cn1. The molecule has 1 aromatic carbocycles. The molecule has 178 valence electrons. The second kappa shape index (κ2) is 9.19. The summed E-state index contributed by atoms with van der Waals surface area (Å²) in [5, 5.41) is 15.5. The Morgan fingerprint density at radius 1 is 1.21 bits per heavy atom. The monoisotopic (exact) mass is 470 g/mol. The first-order valence-electron chi connectivity index (χ1n) is 11.3. The number of rotatable bonds is 6. The number of benzene rings is 1. The van der Waals surface area contributed by atoms with Crippen molar-refractivity contribution < 1.29 is 17.9 Å². The van der Waals surface area contributed by atoms with Crippen molar-refractivity contribution in [1.29, 1.82) is 0 Å². The van der Waals surface area contributed by atoms with Gasteiger partial charge in [0.2, 0.25) is 0 Å². The van der Waals surface area contributed by atoms with E-state index in [9.17, 15) is 13.2 Å². The minimum Gasteiger partial charge on any atom is -0.381 e. The third-order valence-electron chi connectivity index (χ3n) is 6.19. The Balaban J connectivity index is 1.54. The molecule has 2 N–H and O–H groups in total. The van der Waals surface area contributed by atoms with E-state index in [-0.39, 0.29) is 29.4 Å². The molecule has 0 atom stereocenters. The van der Waals surface area contributed by atoms with Crippen LogP contribution < -0.4 is 5.32 Å². The molecule has 5 rings (SSSR count). The Morgan fingerprint density at radius 2 is 2.03 bits per heavy atom. The number of nitrogens with one attached hydrogen (secondary N) is 2. The molecule has 1 aliphatic heterocycles. The molecule has 1 fully saturated rings. The maximum atomic E-state index is 14.3. The fourth-order valence-corrected chi connectivity index (χ4v) is 4.39. The van der Waals surface area contributed by atoms with E-state index in [0.29, 0.717) is 36.4 Å². The first-order valence-corrected chi connectivity index (χ1v) is 11.3. The van der Waals surface area contributed by atoms with Crippen LogP contribution in [0.15, 0.2) is 42.9 Å². The van der Waals surface area contributed by atoms with Crippen molar-refractivity contribution in [3.05, 3.63) is 54.0 Å². The van der Waals surface area contributed by atoms with Crippen LogP contribution in [0.1, 0.15) is 30.9 Å². The molecule has 4 aromatic rings. The summed E-state index contributed by atoms with van der Waals surface area (Å²) in [4.78, 5) is 4.34. The number of H-pyrrole nitrogens is 1. The maximum absolute atomic E-state index is 14.3. The van der Waals surface area contributed by atoms with Gasteiger partial charge in [0.15, 0.2) is 0 Å². The molecule has 0 aliphatic carbocycles. The highest BCUT2D eigenvalue weighted by Crippen LogP contribution is 2.40. The van der Waals surface area contributed by atoms with Crippen LogP contribution in [0.25, 0.3) is 33.4 Å². The van der Waals surface area contributed by atoms with E-state index < -0.39 is 11.7 Å². The zero-order chi connectivity index (χ0) is 23.7. The molecule has 4 heterocycles. The minimum atomic E-state index is -4.53. The van der Waals surface area contributed by atoms with Gasteiger partial charge in [0.1, 0.15) is 5.69 Å². The number of halogens is 3. The topological polar surface area (TPSA) is 80.7 Å². The van der Waals surface area contributed by atoms with Gasteiger partial charge in [0.25, 0.3) is 0 Å². The molecule has 3 aromatic heterocycles. The smallest absolute Gasteiger partial charge is 0.381 e. The molecule has 0 saturated carbocycles. The van der Waals surface area contributed by atoms with E-state index in [1.165, 1.54) is 18.3 Å². The van der Waals surface area contributed by atoms with Gasteiger partial charge in [-0.15, -0.1) is 0 Å². The zero-order valence-electron chi connectivity index (χ0n) is 18.7. The van der Waals surface area contributed by atoms with Crippen molar-refractivity contribution in [3.63, 3.8) is 0 Å². The third-order valence-corrected chi connectivity index (χ3v) is 6.19. The molecular weight excluding hydrogens is 445 g/mol. The van der Waals surface area contributed by atoms with Crippen LogP contribution in [-0.4, -0.2) is 44.2 Å². The number of fused-ring (bicyclic) bond motifs is 1. The van der Waals surface area contributed by atoms with Gasteiger partial charge >= 0.3 is 6.18 Å². The Morgan fingerprint density at radius 3 is 2.76 bits per heavy atom. The van der Waals surface area contributed by atoms with Gasteiger partial charge in [-0.05, 0) is 31.4 Å². The van der Waals surface area contributed by atoms with Gasteiger partial charge in [0, 0.05) is 55.1 Å². The molecule has 1 saturated heterocycles. The fraction of sp³-hybridized carbons (Fsp3) is 0.375. The van der Waals surface area contributed by atoms with Crippen LogP contribution in [0.5, 0.6) is 0 Å². The largest absolute Gasteiger partial charge is 0.417 e. The van der Waals surface area contributed by atoms with Gasteiger partial charge in [-0.3, -0.25) is 14.8 Å². The van der Waals surface area contributed by atoms with Gasteiger partial charge in [0.05, 0.1) is 29.2 Å². The summed E-state index contributed by atoms with van der Waals surface area (Å²) < 4.78 is 50.0. The van der Waals surface area contributed by atoms with E-state index in [1.807, 2.05) is 13.1 Å². The van der Waals surface area contributed by atoms with E-state index >= 15 is 0 Å². The fourth-order valence-electron chi connectivity index (χ4n) is 4.39. The van der Waals surface area contributed by atoms with E-state index in [2.05, 4.69) is 25.6 Å². The Bertz CT molecular complexity index is 1290. The Kier molecular flexibility index (Phi) is 6.09. The predicted octanol–water partition coefficient (Wildman–Crippen LogP) is 4.80. The van der Waals surface area contributed by atoms with Crippen LogP contribution in [0.3, 0.4) is 0 Å². The zero-order valence-corrected chi connectivity index (χ0v) is 18.7. The number of hydrogen-bond acceptors (Lipinski definition) is 5. The summed E-state index contributed by atoms with van der Waals surface area (Å²) in [6, 6.07) is 6.46. The summed E-state index contributed by atoms with van der Waals surface area (Å²) in [6.45, 7) is 4.06. The number of aromatic amines is 1. The highest BCUT2D eigenvalue weighted by Gasteiger charge is 2.37. The van der Waals surface area contributed by atoms with Crippen molar-refractivity contribution in [3.8, 4) is 22.5 Å². The number of hydrogen-bond donors (Lipinski definition) is 2. The van der Waals surface area contributed by atoms with Gasteiger partial charge in [-0.25, -0.2) is 0 Å². The number of aryl methyl sites for hydroxylation is 1. The molecule has 0 bridgehead atoms. The highest BCUT2D eigenvalue weighted by atomic mass is 19.4. The number of alkyl halides is 3. The number of nitrogens with zero attached hydrogens (tertiary/aromatic N) is 4. The summed E-state index contributed by atoms with van der Waals surface area (Å²) in [7, 11) is 0. The first kappa shape index (κ1) is 22.5. The molecule has 1 aliphatic rings. The van der Waals surface area contributed by atoms with Crippen LogP contribution in [0.4, 0.5) is 13.2 Å². The summed E-state index contributed by atoms with van der Waals surface area (Å²) in [6.07, 6.45) is 2.14. The summed E-state index contributed by atoms with van der Waals surface area (Å²) in [5.41, 5.74) is 1.91. The quantitative estimate of drug-likeness (QED) is 0.423. The molecule has 0 radical (unpaired) electrons. The van der Waals surface area contributed by atoms with Gasteiger partial charge in [-0.1, -0.05) is 18.2 Å². The van der Waals surface area contributed by atoms with Crippen molar-refractivity contribution >= 4 is 10.9 Å². The van der Waals surface area contributed by atoms with Crippen molar-refractivity contribution in [1.82, 2.24) is 30.3 Å². The van der Waals surface area contributed by atoms with Gasteiger partial charge < -0.3 is 10.1 Å². The lowest BCUT2D eigenvalue weighted by Crippen LogP contribution is -2.34. The second-order valence-electron chi connectivity index (χ2n) is 8.38. The predicted molar refractivity (Wildman–Crippen MR) is 122 cm³/mol. The third kappa shape index (κ3) is 4.43. The average Bonchev–Trinajstić information content (AvgIpc) is 3.49. The second-order valence-corrected chi connectivity index (χ2v) is 8.38. The maximum Gasteiger partial charge on any atom is 0.417 e. The summed E-state index contributed by atoms with van der Waals surface area (Å²) >= 11 is 0. The molecule has 34 heavy (non-hydrogen) atoms. The molecular formula is C24H25F3N6O. The van der Waals surface area contributed by atoms with Gasteiger partial charge in [-0.2, -0.15) is 23.4 Å². The molecule has 0 spiro atoms. The van der Waals surface area contributed by atoms with E-state index in [1.54, 1.807) is 23.0 Å². The minimum absolute atomic E-state index is 0.0529. The standard InChI is InChI=1S/C24H25F3N6O/c1-2-33-14-16(12-30-33)23-19-10-20(29-13-21(19)31-32-23)18-5-3-4-15(22(18)24(25,26)27)11-28-17-6-8-34-9-7-17/h3-5,10,12-14,17,28H,2,6-9,11H2,1H3,(H,31,32). The molecule has 0 unspecified atom stereocenters. The van der Waals surface area contributed by atoms with Crippen LogP contribution in [0, 0.1) is 0 Å². The average molecular weight is 470 g/mol. The summed E-state index contributed by atoms with van der Waals surface area (Å²) in [5.74, 6) is 0. The first-order chi connectivity index (χ1) is 16.4. The Hall–Kier alpha value is -3.24. The lowest BCUT2D eigenvalue weighted by Gasteiger charge is -2.24. The van der Waals surface area contributed by atoms with Crippen molar-refractivity contribution in [2.45, 2.75) is 45.1 Å². The molecule has 7 nitrogen and oxygen atoms in total. The molecule has 0 amide bonds. The number of pyridine rings is 1. The van der Waals surface area contributed by atoms with Crippen molar-refractivity contribution in [2.75, 3.05) is 13.2 Å².